The number of carbonyl (C=O) groups excluding carboxylic acids is 1. The number of hydrogen-bond donors (Lipinski definition) is 3. The fourth-order valence-corrected chi connectivity index (χ4v) is 1.29. The standard InChI is InChI=1S/C12H12N6O/c13-12-15-10(16-18-12)11(19)17-14-8-4-7-9-5-2-1-3-6-9/h1-8H,(H,17,19)(H3,13,15,16,18)/b7-4+,14-8-. The number of allylic oxidation sites excluding steroid dienone is 1. The van der Waals surface area contributed by atoms with Crippen LogP contribution in [0, 0.1) is 0 Å². The van der Waals surface area contributed by atoms with Crippen LogP contribution in [0.1, 0.15) is 16.2 Å². The second-order valence-electron chi connectivity index (χ2n) is 3.53. The number of aromatic nitrogens is 3. The highest BCUT2D eigenvalue weighted by Crippen LogP contribution is 1.99. The Morgan fingerprint density at radius 1 is 1.37 bits per heavy atom. The summed E-state index contributed by atoms with van der Waals surface area (Å²) in [7, 11) is 0. The van der Waals surface area contributed by atoms with Crippen molar-refractivity contribution in [3.05, 3.63) is 47.8 Å². The third kappa shape index (κ3) is 3.77. The lowest BCUT2D eigenvalue weighted by atomic mass is 10.2. The number of hydrazone groups is 1. The number of anilines is 1. The van der Waals surface area contributed by atoms with E-state index in [4.69, 9.17) is 5.73 Å². The molecule has 1 amide bonds. The van der Waals surface area contributed by atoms with Gasteiger partial charge in [0.1, 0.15) is 0 Å². The highest BCUT2D eigenvalue weighted by molar-refractivity contribution is 5.91. The topological polar surface area (TPSA) is 109 Å². The zero-order chi connectivity index (χ0) is 13.5. The molecule has 0 saturated heterocycles. The van der Waals surface area contributed by atoms with Crippen LogP contribution in [0.5, 0.6) is 0 Å². The molecular formula is C12H12N6O. The minimum atomic E-state index is -0.506. The molecule has 1 aromatic heterocycles. The van der Waals surface area contributed by atoms with E-state index in [-0.39, 0.29) is 11.8 Å². The second kappa shape index (κ2) is 6.10. The predicted octanol–water partition coefficient (Wildman–Crippen LogP) is 0.816. The van der Waals surface area contributed by atoms with Gasteiger partial charge in [0.15, 0.2) is 0 Å². The Hall–Kier alpha value is -2.96. The maximum atomic E-state index is 11.5. The first kappa shape index (κ1) is 12.5. The van der Waals surface area contributed by atoms with Crippen molar-refractivity contribution in [2.24, 2.45) is 5.10 Å². The summed E-state index contributed by atoms with van der Waals surface area (Å²) in [5, 5.41) is 9.65. The van der Waals surface area contributed by atoms with Crippen molar-refractivity contribution in [1.82, 2.24) is 20.6 Å². The predicted molar refractivity (Wildman–Crippen MR) is 72.2 cm³/mol. The molecule has 2 aromatic rings. The van der Waals surface area contributed by atoms with Crippen LogP contribution in [0.25, 0.3) is 6.08 Å². The minimum Gasteiger partial charge on any atom is -0.366 e. The molecule has 96 valence electrons. The van der Waals surface area contributed by atoms with Crippen molar-refractivity contribution >= 4 is 24.1 Å². The van der Waals surface area contributed by atoms with E-state index >= 15 is 0 Å². The third-order valence-corrected chi connectivity index (χ3v) is 2.13. The Balaban J connectivity index is 1.84. The van der Waals surface area contributed by atoms with Gasteiger partial charge in [-0.25, -0.2) is 5.43 Å². The van der Waals surface area contributed by atoms with Gasteiger partial charge in [0, 0.05) is 6.21 Å². The smallest absolute Gasteiger partial charge is 0.308 e. The van der Waals surface area contributed by atoms with Gasteiger partial charge in [-0.1, -0.05) is 36.4 Å². The van der Waals surface area contributed by atoms with Crippen LogP contribution >= 0.6 is 0 Å². The summed E-state index contributed by atoms with van der Waals surface area (Å²) in [6.07, 6.45) is 5.04. The molecule has 0 bridgehead atoms. The first-order valence-corrected chi connectivity index (χ1v) is 5.49. The molecule has 1 heterocycles. The molecule has 0 aliphatic carbocycles. The van der Waals surface area contributed by atoms with Crippen molar-refractivity contribution in [3.8, 4) is 0 Å². The maximum absolute atomic E-state index is 11.5. The van der Waals surface area contributed by atoms with E-state index in [1.54, 1.807) is 6.08 Å². The number of nitrogens with one attached hydrogen (secondary N) is 2. The van der Waals surface area contributed by atoms with Gasteiger partial charge in [0.2, 0.25) is 11.8 Å². The van der Waals surface area contributed by atoms with Crippen molar-refractivity contribution in [2.45, 2.75) is 0 Å². The van der Waals surface area contributed by atoms with E-state index in [9.17, 15) is 4.79 Å². The van der Waals surface area contributed by atoms with Crippen LogP contribution < -0.4 is 11.2 Å². The number of H-pyrrole nitrogens is 1. The zero-order valence-electron chi connectivity index (χ0n) is 9.95. The summed E-state index contributed by atoms with van der Waals surface area (Å²) in [6.45, 7) is 0. The van der Waals surface area contributed by atoms with Gasteiger partial charge in [0.25, 0.3) is 0 Å². The molecule has 0 atom stereocenters. The Labute approximate surface area is 109 Å². The minimum absolute atomic E-state index is 0.0121. The molecule has 0 fully saturated rings. The van der Waals surface area contributed by atoms with Gasteiger partial charge in [-0.2, -0.15) is 10.1 Å². The zero-order valence-corrected chi connectivity index (χ0v) is 9.95. The van der Waals surface area contributed by atoms with Crippen molar-refractivity contribution < 1.29 is 4.79 Å². The third-order valence-electron chi connectivity index (χ3n) is 2.13. The lowest BCUT2D eigenvalue weighted by Gasteiger charge is -1.92. The Kier molecular flexibility index (Phi) is 4.01. The monoisotopic (exact) mass is 256 g/mol. The fraction of sp³-hybridized carbons (Fsp3) is 0. The molecule has 0 saturated carbocycles. The van der Waals surface area contributed by atoms with Crippen LogP contribution in [0.4, 0.5) is 5.95 Å². The molecule has 0 aliphatic heterocycles. The van der Waals surface area contributed by atoms with Crippen molar-refractivity contribution in [2.75, 3.05) is 5.73 Å². The van der Waals surface area contributed by atoms with Gasteiger partial charge >= 0.3 is 5.91 Å². The van der Waals surface area contributed by atoms with Crippen LogP contribution in [0.15, 0.2) is 41.5 Å². The van der Waals surface area contributed by atoms with E-state index in [1.807, 2.05) is 36.4 Å². The maximum Gasteiger partial charge on any atom is 0.308 e. The van der Waals surface area contributed by atoms with Crippen molar-refractivity contribution in [3.63, 3.8) is 0 Å². The number of benzene rings is 1. The lowest BCUT2D eigenvalue weighted by molar-refractivity contribution is 0.0945. The highest BCUT2D eigenvalue weighted by atomic mass is 16.2. The largest absolute Gasteiger partial charge is 0.366 e. The van der Waals surface area contributed by atoms with Gasteiger partial charge in [-0.3, -0.25) is 9.89 Å². The molecule has 1 aromatic carbocycles. The second-order valence-corrected chi connectivity index (χ2v) is 3.53. The van der Waals surface area contributed by atoms with Gasteiger partial charge in [-0.15, -0.1) is 5.10 Å². The molecule has 0 aliphatic rings. The normalized spacial score (nSPS) is 11.2. The average Bonchev–Trinajstić information content (AvgIpc) is 2.86. The number of nitrogen functional groups attached to an aromatic ring is 1. The molecule has 7 nitrogen and oxygen atoms in total. The molecule has 19 heavy (non-hydrogen) atoms. The Morgan fingerprint density at radius 3 is 2.84 bits per heavy atom. The first-order valence-electron chi connectivity index (χ1n) is 5.49. The molecule has 0 unspecified atom stereocenters. The first-order chi connectivity index (χ1) is 9.25. The fourth-order valence-electron chi connectivity index (χ4n) is 1.29. The van der Waals surface area contributed by atoms with Crippen LogP contribution in [-0.2, 0) is 0 Å². The SMILES string of the molecule is Nc1n[nH]c(C(=O)N/N=C\C=C\c2ccccc2)n1. The van der Waals surface area contributed by atoms with E-state index in [2.05, 4.69) is 25.7 Å². The Morgan fingerprint density at radius 2 is 2.16 bits per heavy atom. The van der Waals surface area contributed by atoms with E-state index in [0.717, 1.165) is 5.56 Å². The molecule has 4 N–H and O–H groups in total. The average molecular weight is 256 g/mol. The summed E-state index contributed by atoms with van der Waals surface area (Å²) < 4.78 is 0. The highest BCUT2D eigenvalue weighted by Gasteiger charge is 2.08. The Bertz CT molecular complexity index is 602. The van der Waals surface area contributed by atoms with E-state index in [1.165, 1.54) is 6.21 Å². The van der Waals surface area contributed by atoms with Gasteiger partial charge in [0.05, 0.1) is 0 Å². The summed E-state index contributed by atoms with van der Waals surface area (Å²) in [6, 6.07) is 9.73. The van der Waals surface area contributed by atoms with E-state index in [0.29, 0.717) is 0 Å². The summed E-state index contributed by atoms with van der Waals surface area (Å²) >= 11 is 0. The number of carbonyl (C=O) groups is 1. The molecule has 0 spiro atoms. The van der Waals surface area contributed by atoms with Gasteiger partial charge in [-0.05, 0) is 11.6 Å². The van der Waals surface area contributed by atoms with Crippen LogP contribution in [0.2, 0.25) is 0 Å². The van der Waals surface area contributed by atoms with Crippen LogP contribution in [0.3, 0.4) is 0 Å². The van der Waals surface area contributed by atoms with Gasteiger partial charge < -0.3 is 5.73 Å². The number of nitrogens with two attached hydrogens (primary N) is 1. The number of rotatable bonds is 4. The number of hydrogen-bond acceptors (Lipinski definition) is 5. The molecular weight excluding hydrogens is 244 g/mol. The quantitative estimate of drug-likeness (QED) is 0.555. The molecule has 2 rings (SSSR count). The number of nitrogens with zero attached hydrogens (tertiary/aromatic N) is 3. The summed E-state index contributed by atoms with van der Waals surface area (Å²) in [5.74, 6) is -0.478. The summed E-state index contributed by atoms with van der Waals surface area (Å²) in [5.41, 5.74) is 8.61. The molecule has 0 radical (unpaired) electrons. The lowest BCUT2D eigenvalue weighted by Crippen LogP contribution is -2.18. The van der Waals surface area contributed by atoms with Crippen molar-refractivity contribution in [1.29, 1.82) is 0 Å². The number of amides is 1. The van der Waals surface area contributed by atoms with Crippen LogP contribution in [-0.4, -0.2) is 27.3 Å². The molecule has 7 heteroatoms. The van der Waals surface area contributed by atoms with E-state index < -0.39 is 5.91 Å². The summed E-state index contributed by atoms with van der Waals surface area (Å²) in [4.78, 5) is 15.1. The number of aromatic amines is 1.